The van der Waals surface area contributed by atoms with Crippen LogP contribution in [0.15, 0.2) is 0 Å². The van der Waals surface area contributed by atoms with Crippen LogP contribution in [0.3, 0.4) is 0 Å². The average molecular weight is 362 g/mol. The van der Waals surface area contributed by atoms with Gasteiger partial charge in [0.05, 0.1) is 5.60 Å². The number of aliphatic hydroxyl groups is 1. The third-order valence-corrected chi connectivity index (χ3v) is 10.1. The Balaban J connectivity index is 1.72. The number of carboxylic acids is 1. The van der Waals surface area contributed by atoms with Crippen molar-refractivity contribution >= 4 is 5.97 Å². The number of carboxylic acid groups (broad SMARTS) is 1. The van der Waals surface area contributed by atoms with Gasteiger partial charge in [0.15, 0.2) is 0 Å². The van der Waals surface area contributed by atoms with Crippen molar-refractivity contribution < 1.29 is 15.0 Å². The summed E-state index contributed by atoms with van der Waals surface area (Å²) < 4.78 is 0. The molecule has 4 heteroatoms. The number of hydrogen-bond donors (Lipinski definition) is 2. The largest absolute Gasteiger partial charge is 0.481 e. The minimum atomic E-state index is -0.700. The summed E-state index contributed by atoms with van der Waals surface area (Å²) in [7, 11) is 0. The Hall–Kier alpha value is -0.610. The predicted molar refractivity (Wildman–Crippen MR) is 99.7 cm³/mol. The summed E-state index contributed by atoms with van der Waals surface area (Å²) in [5.74, 6) is 1.49. The van der Waals surface area contributed by atoms with Crippen molar-refractivity contribution in [1.29, 1.82) is 0 Å². The van der Waals surface area contributed by atoms with E-state index in [-0.39, 0.29) is 17.3 Å². The van der Waals surface area contributed by atoms with E-state index in [9.17, 15) is 15.0 Å². The van der Waals surface area contributed by atoms with Gasteiger partial charge < -0.3 is 10.2 Å². The highest BCUT2D eigenvalue weighted by molar-refractivity contribution is 5.67. The molecule has 26 heavy (non-hydrogen) atoms. The molecule has 146 valence electrons. The van der Waals surface area contributed by atoms with Gasteiger partial charge in [0.25, 0.3) is 0 Å². The van der Waals surface area contributed by atoms with E-state index < -0.39 is 11.6 Å². The van der Waals surface area contributed by atoms with Crippen molar-refractivity contribution in [3.8, 4) is 0 Å². The minimum Gasteiger partial charge on any atom is -0.481 e. The molecule has 3 saturated heterocycles. The van der Waals surface area contributed by atoms with E-state index in [0.29, 0.717) is 42.2 Å². The molecular formula is C22H35NO3. The molecule has 0 radical (unpaired) electrons. The van der Waals surface area contributed by atoms with Crippen LogP contribution >= 0.6 is 0 Å². The molecule has 8 bridgehead atoms. The summed E-state index contributed by atoms with van der Waals surface area (Å²) in [6, 6.07) is 0.917. The van der Waals surface area contributed by atoms with Crippen molar-refractivity contribution in [3.05, 3.63) is 0 Å². The normalized spacial score (nSPS) is 56.8. The molecule has 3 aliphatic carbocycles. The molecule has 0 aromatic heterocycles. The van der Waals surface area contributed by atoms with Crippen LogP contribution in [0.2, 0.25) is 0 Å². The molecule has 3 heterocycles. The van der Waals surface area contributed by atoms with E-state index in [0.717, 1.165) is 12.8 Å². The second kappa shape index (κ2) is 5.26. The van der Waals surface area contributed by atoms with Crippen LogP contribution in [-0.2, 0) is 4.79 Å². The van der Waals surface area contributed by atoms with Gasteiger partial charge in [0.1, 0.15) is 0 Å². The molecule has 6 aliphatic rings. The molecule has 4 nitrogen and oxygen atoms in total. The zero-order valence-corrected chi connectivity index (χ0v) is 16.6. The fourth-order valence-electron chi connectivity index (χ4n) is 9.19. The molecule has 0 aromatic rings. The minimum absolute atomic E-state index is 0.0998. The summed E-state index contributed by atoms with van der Waals surface area (Å²) in [4.78, 5) is 14.4. The lowest BCUT2D eigenvalue weighted by molar-refractivity contribution is -0.376. The Morgan fingerprint density at radius 1 is 1.27 bits per heavy atom. The van der Waals surface area contributed by atoms with Gasteiger partial charge in [-0.05, 0) is 68.1 Å². The molecule has 6 fully saturated rings. The van der Waals surface area contributed by atoms with Gasteiger partial charge in [0.2, 0.25) is 0 Å². The number of rotatable bonds is 4. The summed E-state index contributed by atoms with van der Waals surface area (Å²) in [6.45, 7) is 8.30. The smallest absolute Gasteiger partial charge is 0.303 e. The molecular weight excluding hydrogens is 326 g/mol. The molecule has 1 unspecified atom stereocenters. The monoisotopic (exact) mass is 361 g/mol. The zero-order chi connectivity index (χ0) is 18.5. The van der Waals surface area contributed by atoms with E-state index in [1.165, 1.54) is 32.2 Å². The third-order valence-electron chi connectivity index (χ3n) is 10.1. The summed E-state index contributed by atoms with van der Waals surface area (Å²) in [5, 5.41) is 21.9. The van der Waals surface area contributed by atoms with Crippen LogP contribution in [0.5, 0.6) is 0 Å². The lowest BCUT2D eigenvalue weighted by Gasteiger charge is -2.83. The van der Waals surface area contributed by atoms with E-state index in [1.54, 1.807) is 0 Å². The van der Waals surface area contributed by atoms with Crippen LogP contribution < -0.4 is 0 Å². The van der Waals surface area contributed by atoms with Gasteiger partial charge in [-0.2, -0.15) is 0 Å². The predicted octanol–water partition coefficient (Wildman–Crippen LogP) is 3.53. The highest BCUT2D eigenvalue weighted by atomic mass is 16.4. The maximum absolute atomic E-state index is 12.3. The first-order chi connectivity index (χ1) is 12.3. The first-order valence-electron chi connectivity index (χ1n) is 11.0. The number of carbonyl (C=O) groups is 1. The molecule has 0 spiro atoms. The van der Waals surface area contributed by atoms with Crippen LogP contribution in [0, 0.1) is 34.5 Å². The van der Waals surface area contributed by atoms with Gasteiger partial charge in [-0.25, -0.2) is 0 Å². The van der Waals surface area contributed by atoms with Crippen molar-refractivity contribution in [2.45, 2.75) is 89.8 Å². The van der Waals surface area contributed by atoms with Gasteiger partial charge in [-0.3, -0.25) is 9.69 Å². The van der Waals surface area contributed by atoms with Crippen LogP contribution in [0.1, 0.15) is 72.1 Å². The third kappa shape index (κ3) is 1.73. The van der Waals surface area contributed by atoms with Crippen LogP contribution in [0.4, 0.5) is 0 Å². The quantitative estimate of drug-likeness (QED) is 0.804. The van der Waals surface area contributed by atoms with E-state index >= 15 is 0 Å². The second-order valence-electron chi connectivity index (χ2n) is 10.8. The maximum Gasteiger partial charge on any atom is 0.303 e. The van der Waals surface area contributed by atoms with E-state index in [2.05, 4.69) is 25.7 Å². The number of nitrogens with zero attached hydrogens (tertiary/aromatic N) is 1. The number of piperidine rings is 3. The molecule has 9 atom stereocenters. The van der Waals surface area contributed by atoms with Crippen molar-refractivity contribution in [3.63, 3.8) is 0 Å². The fourth-order valence-corrected chi connectivity index (χ4v) is 9.19. The highest BCUT2D eigenvalue weighted by Gasteiger charge is 2.80. The Labute approximate surface area is 157 Å². The molecule has 0 amide bonds. The topological polar surface area (TPSA) is 60.8 Å². The standard InChI is InChI=1S/C22H35NO3/c1-13(2)15-6-9-20(3)14-11-16-17-5-4-8-22(16,26)21(20,10-7-18(24)25)19(15)23(17)12-14/h13-17,19,26H,4-12H2,1-3H3,(H,24,25)/t14-,15-,16-,17+,19+,20+,21-,22+/m1/s1. The lowest BCUT2D eigenvalue weighted by atomic mass is 9.30. The lowest BCUT2D eigenvalue weighted by Crippen LogP contribution is -2.88. The first-order valence-corrected chi connectivity index (χ1v) is 11.0. The van der Waals surface area contributed by atoms with Crippen molar-refractivity contribution in [1.82, 2.24) is 4.90 Å². The fraction of sp³-hybridized carbons (Fsp3) is 0.955. The Morgan fingerprint density at radius 2 is 2.04 bits per heavy atom. The molecule has 3 saturated carbocycles. The van der Waals surface area contributed by atoms with E-state index in [4.69, 9.17) is 0 Å². The number of hydrogen-bond acceptors (Lipinski definition) is 3. The van der Waals surface area contributed by atoms with Gasteiger partial charge in [0, 0.05) is 36.4 Å². The first kappa shape index (κ1) is 17.5. The van der Waals surface area contributed by atoms with Gasteiger partial charge in [-0.1, -0.05) is 20.8 Å². The van der Waals surface area contributed by atoms with Gasteiger partial charge in [-0.15, -0.1) is 0 Å². The summed E-state index contributed by atoms with van der Waals surface area (Å²) in [6.07, 6.45) is 7.68. The summed E-state index contributed by atoms with van der Waals surface area (Å²) in [5.41, 5.74) is -0.775. The molecule has 2 N–H and O–H groups in total. The van der Waals surface area contributed by atoms with E-state index in [1.807, 2.05) is 0 Å². The molecule has 0 aromatic carbocycles. The molecule has 3 aliphatic heterocycles. The van der Waals surface area contributed by atoms with Crippen molar-refractivity contribution in [2.75, 3.05) is 6.54 Å². The Morgan fingerprint density at radius 3 is 2.73 bits per heavy atom. The maximum atomic E-state index is 12.3. The SMILES string of the molecule is CC(C)[C@H]1CC[C@@]2(C)[C@@H]3C[C@@H]4[C@@H]5CCC[C@@]4(O)[C@]2(CCC(=O)O)[C@H]1N5C3. The van der Waals surface area contributed by atoms with Gasteiger partial charge >= 0.3 is 5.97 Å². The Kier molecular flexibility index (Phi) is 3.53. The van der Waals surface area contributed by atoms with Crippen LogP contribution in [0.25, 0.3) is 0 Å². The molecule has 6 rings (SSSR count). The van der Waals surface area contributed by atoms with Crippen molar-refractivity contribution in [2.24, 2.45) is 34.5 Å². The number of aliphatic carboxylic acids is 1. The second-order valence-corrected chi connectivity index (χ2v) is 10.8. The van der Waals surface area contributed by atoms with Crippen LogP contribution in [-0.4, -0.2) is 45.3 Å². The zero-order valence-electron chi connectivity index (χ0n) is 16.6. The summed E-state index contributed by atoms with van der Waals surface area (Å²) >= 11 is 0. The Bertz CT molecular complexity index is 635. The average Bonchev–Trinajstić information content (AvgIpc) is 2.57. The highest BCUT2D eigenvalue weighted by Crippen LogP contribution is 2.77.